The second-order valence-electron chi connectivity index (χ2n) is 6.61. The molecule has 2 fully saturated rings. The highest BCUT2D eigenvalue weighted by atomic mass is 32.1. The molecule has 2 aromatic rings. The third-order valence-corrected chi connectivity index (χ3v) is 6.27. The average molecular weight is 386 g/mol. The van der Waals surface area contributed by atoms with Gasteiger partial charge in [-0.3, -0.25) is 14.9 Å². The quantitative estimate of drug-likeness (QED) is 0.604. The molecule has 140 valence electrons. The summed E-state index contributed by atoms with van der Waals surface area (Å²) in [5.74, 6) is -3.50. The Morgan fingerprint density at radius 3 is 2.56 bits per heavy atom. The third-order valence-electron chi connectivity index (χ3n) is 5.32. The Balaban J connectivity index is 1.85. The predicted octanol–water partition coefficient (Wildman–Crippen LogP) is 1.10. The molecule has 1 aromatic heterocycles. The number of hydrogen-bond acceptors (Lipinski definition) is 7. The van der Waals surface area contributed by atoms with Crippen LogP contribution in [0.5, 0.6) is 0 Å². The number of carbonyl (C=O) groups is 3. The van der Waals surface area contributed by atoms with Gasteiger partial charge in [0.25, 0.3) is 0 Å². The van der Waals surface area contributed by atoms with Gasteiger partial charge < -0.3 is 9.84 Å². The first-order chi connectivity index (χ1) is 13.0. The minimum atomic E-state index is -1.66. The van der Waals surface area contributed by atoms with Gasteiger partial charge in [0.2, 0.25) is 11.8 Å². The fourth-order valence-corrected chi connectivity index (χ4v) is 4.95. The molecule has 4 atom stereocenters. The van der Waals surface area contributed by atoms with Crippen LogP contribution in [0.1, 0.15) is 10.9 Å². The number of carbonyl (C=O) groups excluding carboxylic acids is 3. The van der Waals surface area contributed by atoms with E-state index >= 15 is 0 Å². The fourth-order valence-electron chi connectivity index (χ4n) is 4.13. The van der Waals surface area contributed by atoms with Gasteiger partial charge in [-0.2, -0.15) is 0 Å². The van der Waals surface area contributed by atoms with E-state index in [0.29, 0.717) is 5.69 Å². The Kier molecular flexibility index (Phi) is 4.33. The lowest BCUT2D eigenvalue weighted by Gasteiger charge is -2.30. The highest BCUT2D eigenvalue weighted by molar-refractivity contribution is 7.10. The molecule has 0 aliphatic carbocycles. The highest BCUT2D eigenvalue weighted by Crippen LogP contribution is 2.50. The van der Waals surface area contributed by atoms with Crippen LogP contribution in [0.3, 0.4) is 0 Å². The number of amides is 2. The van der Waals surface area contributed by atoms with Crippen molar-refractivity contribution in [1.29, 1.82) is 0 Å². The van der Waals surface area contributed by atoms with Crippen molar-refractivity contribution < 1.29 is 24.2 Å². The summed E-state index contributed by atoms with van der Waals surface area (Å²) in [4.78, 5) is 41.0. The molecule has 0 saturated carbocycles. The Morgan fingerprint density at radius 1 is 1.22 bits per heavy atom. The number of methoxy groups -OCH3 is 1. The van der Waals surface area contributed by atoms with Gasteiger partial charge in [-0.15, -0.1) is 11.3 Å². The van der Waals surface area contributed by atoms with Crippen molar-refractivity contribution in [1.82, 2.24) is 5.32 Å². The predicted molar refractivity (Wildman–Crippen MR) is 97.9 cm³/mol. The molecule has 0 spiro atoms. The average Bonchev–Trinajstić information content (AvgIpc) is 3.39. The Labute approximate surface area is 159 Å². The van der Waals surface area contributed by atoms with Crippen molar-refractivity contribution in [3.8, 4) is 0 Å². The van der Waals surface area contributed by atoms with Gasteiger partial charge >= 0.3 is 5.97 Å². The Hall–Kier alpha value is -2.55. The minimum absolute atomic E-state index is 0.388. The zero-order valence-corrected chi connectivity index (χ0v) is 15.3. The number of fused-ring (bicyclic) bond motifs is 1. The molecular formula is C19H18N2O5S. The van der Waals surface area contributed by atoms with Crippen LogP contribution >= 0.6 is 11.3 Å². The molecule has 2 aliphatic rings. The van der Waals surface area contributed by atoms with E-state index in [1.54, 1.807) is 30.3 Å². The zero-order valence-electron chi connectivity index (χ0n) is 14.5. The van der Waals surface area contributed by atoms with E-state index in [2.05, 4.69) is 5.32 Å². The van der Waals surface area contributed by atoms with E-state index < -0.39 is 41.9 Å². The zero-order chi connectivity index (χ0) is 19.2. The number of aliphatic hydroxyl groups is 1. The van der Waals surface area contributed by atoms with Gasteiger partial charge in [-0.1, -0.05) is 24.3 Å². The Bertz CT molecular complexity index is 885. The standard InChI is InChI=1S/C19H18N2O5S/c1-26-18(25)19(10-22)14-13(15(20-19)12-8-5-9-27-12)16(23)21(17(14)24)11-6-3-2-4-7-11/h2-9,13-15,20,22H,10H2,1H3/t13-,14-,15-,19-/m1/s1. The maximum atomic E-state index is 13.3. The van der Waals surface area contributed by atoms with Crippen LogP contribution < -0.4 is 10.2 Å². The summed E-state index contributed by atoms with van der Waals surface area (Å²) in [7, 11) is 1.20. The number of benzene rings is 1. The summed E-state index contributed by atoms with van der Waals surface area (Å²) in [5, 5.41) is 15.0. The van der Waals surface area contributed by atoms with Crippen LogP contribution in [-0.2, 0) is 19.1 Å². The summed E-state index contributed by atoms with van der Waals surface area (Å²) in [6.07, 6.45) is 0. The van der Waals surface area contributed by atoms with Crippen molar-refractivity contribution in [2.45, 2.75) is 11.6 Å². The number of para-hydroxylation sites is 1. The molecule has 2 amide bonds. The fraction of sp³-hybridized carbons (Fsp3) is 0.316. The van der Waals surface area contributed by atoms with Crippen molar-refractivity contribution in [2.75, 3.05) is 18.6 Å². The number of hydrogen-bond donors (Lipinski definition) is 2. The second-order valence-corrected chi connectivity index (χ2v) is 7.59. The second kappa shape index (κ2) is 6.56. The summed E-state index contributed by atoms with van der Waals surface area (Å²) in [5.41, 5.74) is -1.21. The van der Waals surface area contributed by atoms with Crippen molar-refractivity contribution in [2.24, 2.45) is 11.8 Å². The maximum absolute atomic E-state index is 13.3. The monoisotopic (exact) mass is 386 g/mol. The lowest BCUT2D eigenvalue weighted by atomic mass is 9.80. The third kappa shape index (κ3) is 2.44. The molecule has 4 rings (SSSR count). The van der Waals surface area contributed by atoms with Gasteiger partial charge in [0, 0.05) is 4.88 Å². The number of esters is 1. The van der Waals surface area contributed by atoms with Gasteiger partial charge in [0.15, 0.2) is 5.54 Å². The topological polar surface area (TPSA) is 95.9 Å². The smallest absolute Gasteiger partial charge is 0.329 e. The first-order valence-corrected chi connectivity index (χ1v) is 9.36. The summed E-state index contributed by atoms with van der Waals surface area (Å²) < 4.78 is 4.89. The summed E-state index contributed by atoms with van der Waals surface area (Å²) >= 11 is 1.42. The van der Waals surface area contributed by atoms with Gasteiger partial charge in [-0.25, -0.2) is 9.69 Å². The van der Waals surface area contributed by atoms with Gasteiger partial charge in [0.1, 0.15) is 0 Å². The number of nitrogens with one attached hydrogen (secondary N) is 1. The number of ether oxygens (including phenoxy) is 1. The molecule has 7 nitrogen and oxygen atoms in total. The van der Waals surface area contributed by atoms with Crippen LogP contribution in [0, 0.1) is 11.8 Å². The number of thiophene rings is 1. The molecular weight excluding hydrogens is 368 g/mol. The molecule has 2 aliphatic heterocycles. The van der Waals surface area contributed by atoms with Crippen LogP contribution in [-0.4, -0.2) is 42.1 Å². The van der Waals surface area contributed by atoms with E-state index in [4.69, 9.17) is 4.74 Å². The minimum Gasteiger partial charge on any atom is -0.468 e. The van der Waals surface area contributed by atoms with E-state index in [0.717, 1.165) is 9.78 Å². The van der Waals surface area contributed by atoms with Gasteiger partial charge in [0.05, 0.1) is 37.3 Å². The molecule has 1 aromatic carbocycles. The molecule has 8 heteroatoms. The van der Waals surface area contributed by atoms with E-state index in [1.807, 2.05) is 17.5 Å². The largest absolute Gasteiger partial charge is 0.468 e. The van der Waals surface area contributed by atoms with Crippen LogP contribution in [0.25, 0.3) is 0 Å². The molecule has 2 saturated heterocycles. The van der Waals surface area contributed by atoms with Crippen LogP contribution in [0.4, 0.5) is 5.69 Å². The lowest BCUT2D eigenvalue weighted by molar-refractivity contribution is -0.154. The van der Waals surface area contributed by atoms with Gasteiger partial charge in [-0.05, 0) is 23.6 Å². The first kappa shape index (κ1) is 17.8. The van der Waals surface area contributed by atoms with Crippen LogP contribution in [0.15, 0.2) is 47.8 Å². The summed E-state index contributed by atoms with van der Waals surface area (Å²) in [6.45, 7) is -0.648. The van der Waals surface area contributed by atoms with Crippen LogP contribution in [0.2, 0.25) is 0 Å². The highest BCUT2D eigenvalue weighted by Gasteiger charge is 2.69. The summed E-state index contributed by atoms with van der Waals surface area (Å²) in [6, 6.07) is 11.7. The first-order valence-electron chi connectivity index (χ1n) is 8.48. The number of rotatable bonds is 4. The maximum Gasteiger partial charge on any atom is 0.329 e. The van der Waals surface area contributed by atoms with Crippen molar-refractivity contribution in [3.05, 3.63) is 52.7 Å². The van der Waals surface area contributed by atoms with E-state index in [9.17, 15) is 19.5 Å². The lowest BCUT2D eigenvalue weighted by Crippen LogP contribution is -2.58. The number of nitrogens with zero attached hydrogens (tertiary/aromatic N) is 1. The SMILES string of the molecule is COC(=O)[C@]1(CO)N[C@H](c2cccs2)[C@@H]2C(=O)N(c3ccccc3)C(=O)[C@@H]21. The molecule has 2 N–H and O–H groups in total. The Morgan fingerprint density at radius 2 is 1.96 bits per heavy atom. The molecule has 3 heterocycles. The van der Waals surface area contributed by atoms with Crippen molar-refractivity contribution >= 4 is 34.8 Å². The normalized spacial score (nSPS) is 29.9. The number of imide groups is 1. The molecule has 0 radical (unpaired) electrons. The van der Waals surface area contributed by atoms with E-state index in [-0.39, 0.29) is 5.91 Å². The molecule has 0 bridgehead atoms. The molecule has 0 unspecified atom stereocenters. The number of aliphatic hydroxyl groups excluding tert-OH is 1. The number of anilines is 1. The van der Waals surface area contributed by atoms with E-state index in [1.165, 1.54) is 18.4 Å². The molecule has 27 heavy (non-hydrogen) atoms. The van der Waals surface area contributed by atoms with Crippen molar-refractivity contribution in [3.63, 3.8) is 0 Å².